The first kappa shape index (κ1) is 38.3. The van der Waals surface area contributed by atoms with Crippen LogP contribution >= 0.6 is 23.6 Å². The number of ether oxygens (including phenoxy) is 1. The first-order valence-electron chi connectivity index (χ1n) is 14.8. The number of allylic oxidation sites excluding steroid dienone is 2. The second kappa shape index (κ2) is 19.0. The number of benzene rings is 3. The molecule has 3 aromatic carbocycles. The van der Waals surface area contributed by atoms with Crippen molar-refractivity contribution in [2.45, 2.75) is 57.3 Å². The van der Waals surface area contributed by atoms with E-state index in [2.05, 4.69) is 50.8 Å². The first-order valence-corrected chi connectivity index (χ1v) is 15.9. The Kier molecular flexibility index (Phi) is 16.2. The molecule has 1 unspecified atom stereocenters. The number of methoxy groups -OCH3 is 1. The van der Waals surface area contributed by atoms with Gasteiger partial charge in [-0.05, 0) is 105 Å². The number of likely N-dealkylation sites (N-methyl/N-ethyl adjacent to an activating group) is 1. The van der Waals surface area contributed by atoms with Gasteiger partial charge in [-0.1, -0.05) is 37.6 Å². The van der Waals surface area contributed by atoms with Crippen LogP contribution in [0.1, 0.15) is 57.2 Å². The molecule has 4 rings (SSSR count). The molecule has 245 valence electrons. The molecule has 0 bridgehead atoms. The topological polar surface area (TPSA) is 102 Å². The van der Waals surface area contributed by atoms with Crippen molar-refractivity contribution in [1.82, 2.24) is 5.06 Å². The van der Waals surface area contributed by atoms with Gasteiger partial charge in [0.05, 0.1) is 19.2 Å². The van der Waals surface area contributed by atoms with Crippen LogP contribution in [0.15, 0.2) is 83.4 Å². The Morgan fingerprint density at radius 3 is 2.29 bits per heavy atom. The summed E-state index contributed by atoms with van der Waals surface area (Å²) in [7, 11) is 1.69. The van der Waals surface area contributed by atoms with Gasteiger partial charge in [0.2, 0.25) is 5.90 Å². The van der Waals surface area contributed by atoms with Crippen molar-refractivity contribution >= 4 is 41.4 Å². The van der Waals surface area contributed by atoms with Gasteiger partial charge in [0.1, 0.15) is 5.75 Å². The summed E-state index contributed by atoms with van der Waals surface area (Å²) < 4.78 is 10.6. The number of aliphatic hydroxyl groups excluding tert-OH is 1. The second-order valence-corrected chi connectivity index (χ2v) is 11.7. The number of hydroxylamine groups is 2. The molecule has 0 amide bonds. The molecule has 1 atom stereocenters. The molecular formula is C34H43ClCoN4O4S. The smallest absolute Gasteiger partial charge is 0.210 e. The SMILES string of the molecule is CCCN(CCC)OOSc1ccc(C(=N)O)cc1.CCN1/C(=C\C=N)C(C)(Cc2cccc(Cl)c2)c2cc(OC)ccc21.[Co]. The van der Waals surface area contributed by atoms with E-state index in [0.29, 0.717) is 5.56 Å². The fraction of sp³-hybridized carbons (Fsp3) is 0.353. The number of nitrogens with one attached hydrogen (secondary N) is 2. The molecule has 3 N–H and O–H groups in total. The fourth-order valence-corrected chi connectivity index (χ4v) is 5.93. The van der Waals surface area contributed by atoms with Gasteiger partial charge in [0.25, 0.3) is 0 Å². The van der Waals surface area contributed by atoms with Gasteiger partial charge >= 0.3 is 0 Å². The number of nitrogens with zero attached hydrogens (tertiary/aromatic N) is 2. The van der Waals surface area contributed by atoms with Crippen LogP contribution in [0.25, 0.3) is 0 Å². The fourth-order valence-electron chi connectivity index (χ4n) is 5.27. The minimum Gasteiger partial charge on any atom is -0.497 e. The quantitative estimate of drug-likeness (QED) is 0.0509. The summed E-state index contributed by atoms with van der Waals surface area (Å²) in [5.74, 6) is 0.411. The average Bonchev–Trinajstić information content (AvgIpc) is 3.24. The molecule has 1 heterocycles. The van der Waals surface area contributed by atoms with E-state index in [4.69, 9.17) is 41.6 Å². The van der Waals surface area contributed by atoms with Crippen molar-refractivity contribution in [3.05, 3.63) is 100 Å². The van der Waals surface area contributed by atoms with Gasteiger partial charge in [-0.15, -0.1) is 9.32 Å². The van der Waals surface area contributed by atoms with Crippen molar-refractivity contribution in [2.75, 3.05) is 31.6 Å². The van der Waals surface area contributed by atoms with Crippen LogP contribution in [0.3, 0.4) is 0 Å². The first-order chi connectivity index (χ1) is 21.2. The summed E-state index contributed by atoms with van der Waals surface area (Å²) in [6.45, 7) is 11.0. The molecule has 0 aromatic heterocycles. The maximum atomic E-state index is 9.00. The van der Waals surface area contributed by atoms with Crippen LogP contribution < -0.4 is 9.64 Å². The number of hydrogen-bond acceptors (Lipinski definition) is 8. The molecule has 11 heteroatoms. The number of halogens is 1. The van der Waals surface area contributed by atoms with Gasteiger partial charge in [-0.2, -0.15) is 5.06 Å². The number of anilines is 1. The monoisotopic (exact) mass is 697 g/mol. The summed E-state index contributed by atoms with van der Waals surface area (Å²) >= 11 is 7.30. The van der Waals surface area contributed by atoms with Crippen LogP contribution in [0.2, 0.25) is 5.02 Å². The summed E-state index contributed by atoms with van der Waals surface area (Å²) in [6, 6.07) is 21.1. The minimum atomic E-state index is -0.439. The predicted octanol–water partition coefficient (Wildman–Crippen LogP) is 8.78. The van der Waals surface area contributed by atoms with E-state index in [0.717, 1.165) is 72.3 Å². The largest absolute Gasteiger partial charge is 0.497 e. The number of aliphatic hydroxyl groups is 1. The zero-order valence-electron chi connectivity index (χ0n) is 26.4. The van der Waals surface area contributed by atoms with E-state index < -0.39 is 5.90 Å². The van der Waals surface area contributed by atoms with Crippen LogP contribution in [0.5, 0.6) is 5.75 Å². The van der Waals surface area contributed by atoms with Crippen molar-refractivity contribution in [3.8, 4) is 5.75 Å². The molecule has 1 aliphatic heterocycles. The van der Waals surface area contributed by atoms with E-state index in [1.54, 1.807) is 36.4 Å². The molecule has 0 saturated carbocycles. The second-order valence-electron chi connectivity index (χ2n) is 10.5. The van der Waals surface area contributed by atoms with E-state index in [1.807, 2.05) is 30.3 Å². The van der Waals surface area contributed by atoms with E-state index in [9.17, 15) is 0 Å². The van der Waals surface area contributed by atoms with Crippen LogP contribution in [0.4, 0.5) is 5.69 Å². The third kappa shape index (κ3) is 10.3. The zero-order chi connectivity index (χ0) is 32.1. The Bertz CT molecular complexity index is 1420. The number of hydrogen-bond donors (Lipinski definition) is 3. The van der Waals surface area contributed by atoms with Crippen molar-refractivity contribution in [3.63, 3.8) is 0 Å². The zero-order valence-corrected chi connectivity index (χ0v) is 29.0. The molecule has 0 spiro atoms. The maximum absolute atomic E-state index is 9.00. The van der Waals surface area contributed by atoms with Gasteiger partial charge in [0, 0.05) is 74.9 Å². The average molecular weight is 698 g/mol. The molecule has 0 fully saturated rings. The Morgan fingerprint density at radius 1 is 1.04 bits per heavy atom. The number of fused-ring (bicyclic) bond motifs is 1. The molecule has 45 heavy (non-hydrogen) atoms. The van der Waals surface area contributed by atoms with Gasteiger partial charge in [-0.25, -0.2) is 0 Å². The normalized spacial score (nSPS) is 16.1. The van der Waals surface area contributed by atoms with Crippen LogP contribution in [-0.2, 0) is 37.9 Å². The summed E-state index contributed by atoms with van der Waals surface area (Å²) in [4.78, 5) is 8.34. The Morgan fingerprint density at radius 2 is 1.73 bits per heavy atom. The third-order valence-electron chi connectivity index (χ3n) is 7.29. The third-order valence-corrected chi connectivity index (χ3v) is 8.12. The van der Waals surface area contributed by atoms with Gasteiger partial charge in [0.15, 0.2) is 0 Å². The molecule has 8 nitrogen and oxygen atoms in total. The Hall–Kier alpha value is -2.83. The molecule has 0 aliphatic carbocycles. The maximum Gasteiger partial charge on any atom is 0.210 e. The van der Waals surface area contributed by atoms with Gasteiger partial charge < -0.3 is 20.2 Å². The summed E-state index contributed by atoms with van der Waals surface area (Å²) in [5.41, 5.74) is 4.94. The Labute approximate surface area is 287 Å². The number of rotatable bonds is 14. The van der Waals surface area contributed by atoms with E-state index >= 15 is 0 Å². The predicted molar refractivity (Wildman–Crippen MR) is 181 cm³/mol. The van der Waals surface area contributed by atoms with Crippen molar-refractivity contribution < 1.29 is 35.9 Å². The van der Waals surface area contributed by atoms with Crippen LogP contribution in [0, 0.1) is 10.8 Å². The summed E-state index contributed by atoms with van der Waals surface area (Å²) in [5, 5.41) is 26.2. The molecule has 1 aliphatic rings. The molecule has 1 radical (unpaired) electrons. The van der Waals surface area contributed by atoms with E-state index in [-0.39, 0.29) is 22.2 Å². The molecule has 3 aromatic rings. The minimum absolute atomic E-state index is 0. The molecular weight excluding hydrogens is 655 g/mol. The summed E-state index contributed by atoms with van der Waals surface area (Å²) in [6.07, 6.45) is 6.09. The van der Waals surface area contributed by atoms with Crippen LogP contribution in [-0.4, -0.2) is 49.0 Å². The molecule has 0 saturated heterocycles. The van der Waals surface area contributed by atoms with Gasteiger partial charge in [-0.3, -0.25) is 5.41 Å². The van der Waals surface area contributed by atoms with Crippen molar-refractivity contribution in [2.24, 2.45) is 0 Å². The van der Waals surface area contributed by atoms with E-state index in [1.165, 1.54) is 23.0 Å². The standard InChI is InChI=1S/C21H23ClN2O.C13H20N2O3S.Co/c1-4-24-19-9-8-17(25-3)13-18(19)21(2,20(24)10-11-23)14-15-6-5-7-16(22)12-15;1-3-9-15(10-4-2)17-18-19-12-7-5-11(6-8-12)13(14)16;/h5-13,23H,4,14H2,1-3H3;5-8H,3-4,9-10H2,1-2H3,(H2,14,16);/b20-10-,23-11?;;. The van der Waals surface area contributed by atoms with Crippen molar-refractivity contribution in [1.29, 1.82) is 10.8 Å². The Balaban J connectivity index is 0.000000319.